The SMILES string of the molecule is CNC(=S)[C@]1(c2cccnc2)CCCC[C@H]1CCNS(=O)(=O)c1cccc2c(N(C)C)cccc12. The first-order valence-electron chi connectivity index (χ1n) is 12.1. The van der Waals surface area contributed by atoms with Gasteiger partial charge < -0.3 is 10.2 Å². The molecular formula is C27H34N4O2S2. The number of sulfonamides is 1. The number of pyridine rings is 1. The third-order valence-corrected chi connectivity index (χ3v) is 9.38. The molecule has 1 heterocycles. The first kappa shape index (κ1) is 25.5. The van der Waals surface area contributed by atoms with Crippen LogP contribution in [0.4, 0.5) is 5.69 Å². The van der Waals surface area contributed by atoms with Gasteiger partial charge in [0.1, 0.15) is 0 Å². The summed E-state index contributed by atoms with van der Waals surface area (Å²) >= 11 is 5.85. The number of benzene rings is 2. The summed E-state index contributed by atoms with van der Waals surface area (Å²) in [6.45, 7) is 0.352. The van der Waals surface area contributed by atoms with Crippen LogP contribution in [0.25, 0.3) is 10.8 Å². The Morgan fingerprint density at radius 1 is 1.11 bits per heavy atom. The van der Waals surface area contributed by atoms with Gasteiger partial charge in [0.25, 0.3) is 0 Å². The van der Waals surface area contributed by atoms with Gasteiger partial charge in [-0.2, -0.15) is 0 Å². The van der Waals surface area contributed by atoms with Crippen molar-refractivity contribution in [1.29, 1.82) is 0 Å². The highest BCUT2D eigenvalue weighted by Crippen LogP contribution is 2.46. The molecule has 0 unspecified atom stereocenters. The van der Waals surface area contributed by atoms with Crippen molar-refractivity contribution in [2.75, 3.05) is 32.6 Å². The van der Waals surface area contributed by atoms with E-state index in [9.17, 15) is 8.42 Å². The van der Waals surface area contributed by atoms with Crippen LogP contribution in [-0.4, -0.2) is 46.1 Å². The van der Waals surface area contributed by atoms with Gasteiger partial charge in [-0.25, -0.2) is 13.1 Å². The first-order valence-corrected chi connectivity index (χ1v) is 14.0. The predicted molar refractivity (Wildman–Crippen MR) is 148 cm³/mol. The molecule has 8 heteroatoms. The summed E-state index contributed by atoms with van der Waals surface area (Å²) in [5.41, 5.74) is 1.77. The molecule has 1 aromatic heterocycles. The molecule has 0 radical (unpaired) electrons. The quantitative estimate of drug-likeness (QED) is 0.430. The van der Waals surface area contributed by atoms with E-state index in [0.29, 0.717) is 17.9 Å². The lowest BCUT2D eigenvalue weighted by Crippen LogP contribution is -2.50. The van der Waals surface area contributed by atoms with Gasteiger partial charge in [0.2, 0.25) is 10.0 Å². The van der Waals surface area contributed by atoms with E-state index in [2.05, 4.69) is 21.1 Å². The molecule has 1 saturated carbocycles. The summed E-state index contributed by atoms with van der Waals surface area (Å²) in [7, 11) is 2.11. The molecule has 1 aliphatic carbocycles. The molecule has 35 heavy (non-hydrogen) atoms. The second-order valence-corrected chi connectivity index (χ2v) is 11.6. The monoisotopic (exact) mass is 510 g/mol. The van der Waals surface area contributed by atoms with Crippen molar-refractivity contribution in [3.8, 4) is 0 Å². The standard InChI is InChI=1S/C27H34N4O2S2/c1-28-26(34)27(21-10-8-17-29-19-21)16-5-4-9-20(27)15-18-30-35(32,33)25-14-7-11-22-23(25)12-6-13-24(22)31(2)3/h6-8,10-14,17,19-20,30H,4-5,9,15-16,18H2,1-3H3,(H,28,34)/t20-,27+/m0/s1. The van der Waals surface area contributed by atoms with Gasteiger partial charge in [-0.3, -0.25) is 4.98 Å². The Labute approximate surface area is 214 Å². The van der Waals surface area contributed by atoms with Crippen LogP contribution >= 0.6 is 12.2 Å². The summed E-state index contributed by atoms with van der Waals surface area (Å²) in [4.78, 5) is 7.48. The van der Waals surface area contributed by atoms with Crippen LogP contribution in [0.3, 0.4) is 0 Å². The molecule has 2 N–H and O–H groups in total. The molecule has 2 aromatic carbocycles. The fourth-order valence-electron chi connectivity index (χ4n) is 5.63. The number of nitrogens with one attached hydrogen (secondary N) is 2. The Hall–Kier alpha value is -2.55. The van der Waals surface area contributed by atoms with E-state index in [1.165, 1.54) is 0 Å². The maximum atomic E-state index is 13.4. The summed E-state index contributed by atoms with van der Waals surface area (Å²) < 4.78 is 29.7. The fraction of sp³-hybridized carbons (Fsp3) is 0.407. The highest BCUT2D eigenvalue weighted by molar-refractivity contribution is 7.89. The molecule has 1 aliphatic rings. The Kier molecular flexibility index (Phi) is 7.73. The highest BCUT2D eigenvalue weighted by Gasteiger charge is 2.45. The minimum Gasteiger partial charge on any atom is -0.382 e. The number of anilines is 1. The summed E-state index contributed by atoms with van der Waals surface area (Å²) in [5, 5.41) is 4.88. The van der Waals surface area contributed by atoms with Gasteiger partial charge >= 0.3 is 0 Å². The second-order valence-electron chi connectivity index (χ2n) is 9.44. The molecule has 0 amide bonds. The minimum absolute atomic E-state index is 0.218. The molecule has 2 atom stereocenters. The lowest BCUT2D eigenvalue weighted by molar-refractivity contribution is 0.239. The van der Waals surface area contributed by atoms with Crippen LogP contribution in [0, 0.1) is 5.92 Å². The number of hydrogen-bond donors (Lipinski definition) is 2. The third-order valence-electron chi connectivity index (χ3n) is 7.29. The summed E-state index contributed by atoms with van der Waals surface area (Å²) in [6, 6.07) is 15.3. The van der Waals surface area contributed by atoms with Crippen LogP contribution in [0.5, 0.6) is 0 Å². The average molecular weight is 511 g/mol. The van der Waals surface area contributed by atoms with Gasteiger partial charge in [0.05, 0.1) is 9.88 Å². The highest BCUT2D eigenvalue weighted by atomic mass is 32.2. The van der Waals surface area contributed by atoms with Crippen molar-refractivity contribution >= 4 is 43.7 Å². The average Bonchev–Trinajstić information content (AvgIpc) is 2.88. The molecule has 3 aromatic rings. The Morgan fingerprint density at radius 2 is 1.89 bits per heavy atom. The zero-order valence-electron chi connectivity index (χ0n) is 20.6. The lowest BCUT2D eigenvalue weighted by Gasteiger charge is -2.45. The van der Waals surface area contributed by atoms with Gasteiger partial charge in [-0.1, -0.05) is 55.4 Å². The van der Waals surface area contributed by atoms with Crippen LogP contribution in [0.1, 0.15) is 37.7 Å². The molecule has 1 fully saturated rings. The van der Waals surface area contributed by atoms with Crippen molar-refractivity contribution in [2.45, 2.75) is 42.4 Å². The van der Waals surface area contributed by atoms with Crippen LogP contribution in [-0.2, 0) is 15.4 Å². The molecule has 0 saturated heterocycles. The maximum Gasteiger partial charge on any atom is 0.241 e. The van der Waals surface area contributed by atoms with Crippen molar-refractivity contribution in [2.24, 2.45) is 5.92 Å². The molecule has 0 spiro atoms. The number of likely N-dealkylation sites (N-methyl/N-ethyl adjacent to an activating group) is 1. The lowest BCUT2D eigenvalue weighted by atomic mass is 9.61. The minimum atomic E-state index is -3.69. The number of nitrogens with zero attached hydrogens (tertiary/aromatic N) is 2. The van der Waals surface area contributed by atoms with Gasteiger partial charge in [-0.15, -0.1) is 0 Å². The van der Waals surface area contributed by atoms with E-state index in [4.69, 9.17) is 12.2 Å². The number of hydrogen-bond acceptors (Lipinski definition) is 5. The van der Waals surface area contributed by atoms with E-state index in [1.807, 2.05) is 68.6 Å². The second kappa shape index (κ2) is 10.6. The third kappa shape index (κ3) is 4.92. The van der Waals surface area contributed by atoms with Gasteiger partial charge in [-0.05, 0) is 48.9 Å². The van der Waals surface area contributed by atoms with E-state index >= 15 is 0 Å². The van der Waals surface area contributed by atoms with Crippen LogP contribution in [0.2, 0.25) is 0 Å². The number of fused-ring (bicyclic) bond motifs is 1. The smallest absolute Gasteiger partial charge is 0.241 e. The maximum absolute atomic E-state index is 13.4. The number of aromatic nitrogens is 1. The first-order chi connectivity index (χ1) is 16.8. The van der Waals surface area contributed by atoms with Gasteiger partial charge in [0.15, 0.2) is 0 Å². The number of rotatable bonds is 8. The van der Waals surface area contributed by atoms with Gasteiger partial charge in [0, 0.05) is 62.0 Å². The molecule has 6 nitrogen and oxygen atoms in total. The Bertz CT molecular complexity index is 1300. The Balaban J connectivity index is 1.59. The van der Waals surface area contributed by atoms with Crippen LogP contribution < -0.4 is 14.9 Å². The molecular weight excluding hydrogens is 476 g/mol. The zero-order chi connectivity index (χ0) is 25.1. The largest absolute Gasteiger partial charge is 0.382 e. The topological polar surface area (TPSA) is 74.3 Å². The van der Waals surface area contributed by atoms with Crippen molar-refractivity contribution in [3.63, 3.8) is 0 Å². The van der Waals surface area contributed by atoms with Crippen LogP contribution in [0.15, 0.2) is 65.8 Å². The zero-order valence-corrected chi connectivity index (χ0v) is 22.3. The van der Waals surface area contributed by atoms with Crippen molar-refractivity contribution in [3.05, 3.63) is 66.5 Å². The Morgan fingerprint density at radius 3 is 2.60 bits per heavy atom. The van der Waals surface area contributed by atoms with E-state index in [-0.39, 0.29) is 11.3 Å². The van der Waals surface area contributed by atoms with E-state index < -0.39 is 10.0 Å². The summed E-state index contributed by atoms with van der Waals surface area (Å²) in [6.07, 6.45) is 8.52. The normalized spacial score (nSPS) is 20.5. The van der Waals surface area contributed by atoms with Crippen molar-refractivity contribution < 1.29 is 8.42 Å². The molecule has 186 valence electrons. The molecule has 0 aliphatic heterocycles. The number of thiocarbonyl (C=S) groups is 1. The predicted octanol–water partition coefficient (Wildman–Crippen LogP) is 4.64. The molecule has 4 rings (SSSR count). The fourth-order valence-corrected chi connectivity index (χ4v) is 7.28. The van der Waals surface area contributed by atoms with E-state index in [1.54, 1.807) is 12.3 Å². The van der Waals surface area contributed by atoms with E-state index in [0.717, 1.165) is 52.7 Å². The van der Waals surface area contributed by atoms with Crippen molar-refractivity contribution in [1.82, 2.24) is 15.0 Å². The summed E-state index contributed by atoms with van der Waals surface area (Å²) in [5.74, 6) is 0.218. The molecule has 0 bridgehead atoms.